The molecule has 128 valence electrons. The normalized spacial score (nSPS) is 24.1. The first-order chi connectivity index (χ1) is 11.6. The first kappa shape index (κ1) is 15.3. The van der Waals surface area contributed by atoms with Crippen LogP contribution < -0.4 is 5.32 Å². The molecular weight excluding hydrogens is 308 g/mol. The number of nitrogens with one attached hydrogen (secondary N) is 1. The Hall–Kier alpha value is -2.22. The smallest absolute Gasteiger partial charge is 0.232 e. The van der Waals surface area contributed by atoms with E-state index in [9.17, 15) is 4.79 Å². The van der Waals surface area contributed by atoms with Gasteiger partial charge in [-0.25, -0.2) is 0 Å². The minimum atomic E-state index is -0.273. The second-order valence-corrected chi connectivity index (χ2v) is 6.58. The summed E-state index contributed by atoms with van der Waals surface area (Å²) in [4.78, 5) is 12.9. The third-order valence-corrected chi connectivity index (χ3v) is 4.82. The van der Waals surface area contributed by atoms with E-state index in [1.54, 1.807) is 10.9 Å². The molecule has 0 spiro atoms. The van der Waals surface area contributed by atoms with Gasteiger partial charge in [0.15, 0.2) is 0 Å². The van der Waals surface area contributed by atoms with E-state index in [0.717, 1.165) is 37.2 Å². The second kappa shape index (κ2) is 6.01. The molecule has 2 aromatic heterocycles. The van der Waals surface area contributed by atoms with Crippen LogP contribution in [0, 0.1) is 12.8 Å². The number of carbonyl (C=O) groups excluding carboxylic acids is 1. The van der Waals surface area contributed by atoms with Crippen molar-refractivity contribution in [1.29, 1.82) is 0 Å². The van der Waals surface area contributed by atoms with Crippen LogP contribution in [0.5, 0.6) is 0 Å². The van der Waals surface area contributed by atoms with Crippen LogP contribution in [-0.2, 0) is 16.6 Å². The summed E-state index contributed by atoms with van der Waals surface area (Å²) in [6.45, 7) is 2.58. The zero-order chi connectivity index (χ0) is 16.7. The van der Waals surface area contributed by atoms with Gasteiger partial charge in [0.05, 0.1) is 11.6 Å². The highest BCUT2D eigenvalue weighted by Gasteiger charge is 2.36. The summed E-state index contributed by atoms with van der Waals surface area (Å²) >= 11 is 0. The molecule has 3 heterocycles. The number of aryl methyl sites for hydroxylation is 2. The van der Waals surface area contributed by atoms with Crippen molar-refractivity contribution < 1.29 is 9.53 Å². The molecule has 2 atom stereocenters. The number of hydrogen-bond acceptors (Lipinski definition) is 5. The molecule has 1 amide bonds. The Morgan fingerprint density at radius 1 is 1.33 bits per heavy atom. The van der Waals surface area contributed by atoms with Crippen molar-refractivity contribution in [3.8, 4) is 0 Å². The van der Waals surface area contributed by atoms with Gasteiger partial charge in [-0.3, -0.25) is 19.4 Å². The summed E-state index contributed by atoms with van der Waals surface area (Å²) < 4.78 is 9.70. The molecule has 2 aliphatic rings. The Morgan fingerprint density at radius 2 is 2.17 bits per heavy atom. The molecule has 8 nitrogen and oxygen atoms in total. The lowest BCUT2D eigenvalue weighted by molar-refractivity contribution is -0.129. The van der Waals surface area contributed by atoms with Crippen molar-refractivity contribution in [2.45, 2.75) is 44.8 Å². The van der Waals surface area contributed by atoms with Gasteiger partial charge in [-0.1, -0.05) is 0 Å². The summed E-state index contributed by atoms with van der Waals surface area (Å²) in [6, 6.07) is 2.33. The van der Waals surface area contributed by atoms with E-state index < -0.39 is 0 Å². The lowest BCUT2D eigenvalue weighted by Crippen LogP contribution is -2.34. The van der Waals surface area contributed by atoms with E-state index in [2.05, 4.69) is 20.6 Å². The average molecular weight is 330 g/mol. The lowest BCUT2D eigenvalue weighted by atomic mass is 9.91. The largest absolute Gasteiger partial charge is 0.371 e. The fourth-order valence-corrected chi connectivity index (χ4v) is 3.43. The molecule has 0 radical (unpaired) electrons. The van der Waals surface area contributed by atoms with Crippen LogP contribution in [0.2, 0.25) is 0 Å². The van der Waals surface area contributed by atoms with E-state index in [0.29, 0.717) is 18.6 Å². The predicted molar refractivity (Wildman–Crippen MR) is 86.3 cm³/mol. The Balaban J connectivity index is 1.55. The number of ether oxygens (including phenoxy) is 1. The summed E-state index contributed by atoms with van der Waals surface area (Å²) in [6.07, 6.45) is 5.36. The van der Waals surface area contributed by atoms with Gasteiger partial charge in [-0.05, 0) is 38.7 Å². The highest BCUT2D eigenvalue weighted by atomic mass is 16.5. The Morgan fingerprint density at radius 3 is 2.88 bits per heavy atom. The molecule has 1 saturated carbocycles. The maximum Gasteiger partial charge on any atom is 0.232 e. The number of hydrogen-bond donors (Lipinski definition) is 1. The van der Waals surface area contributed by atoms with Crippen LogP contribution in [0.25, 0.3) is 0 Å². The zero-order valence-electron chi connectivity index (χ0n) is 14.0. The van der Waals surface area contributed by atoms with Crippen molar-refractivity contribution in [3.63, 3.8) is 0 Å². The Bertz CT molecular complexity index is 748. The van der Waals surface area contributed by atoms with Gasteiger partial charge in [0.25, 0.3) is 0 Å². The van der Waals surface area contributed by atoms with Crippen LogP contribution in [0.4, 0.5) is 5.95 Å². The molecular formula is C16H22N6O2. The van der Waals surface area contributed by atoms with Crippen molar-refractivity contribution >= 4 is 11.9 Å². The van der Waals surface area contributed by atoms with E-state index in [1.165, 1.54) is 0 Å². The Labute approximate surface area is 140 Å². The molecule has 1 N–H and O–H groups in total. The highest BCUT2D eigenvalue weighted by Crippen LogP contribution is 2.38. The number of rotatable bonds is 4. The van der Waals surface area contributed by atoms with E-state index >= 15 is 0 Å². The fourth-order valence-electron chi connectivity index (χ4n) is 3.43. The van der Waals surface area contributed by atoms with Gasteiger partial charge >= 0.3 is 0 Å². The van der Waals surface area contributed by atoms with Crippen LogP contribution in [0.1, 0.15) is 49.3 Å². The first-order valence-corrected chi connectivity index (χ1v) is 8.47. The van der Waals surface area contributed by atoms with Gasteiger partial charge in [0.1, 0.15) is 11.9 Å². The number of aromatic nitrogens is 5. The number of amides is 1. The van der Waals surface area contributed by atoms with Crippen LogP contribution >= 0.6 is 0 Å². The molecule has 1 saturated heterocycles. The molecule has 4 rings (SSSR count). The molecule has 8 heteroatoms. The van der Waals surface area contributed by atoms with Gasteiger partial charge in [0, 0.05) is 25.9 Å². The number of nitrogens with zero attached hydrogens (tertiary/aromatic N) is 5. The first-order valence-electron chi connectivity index (χ1n) is 8.47. The van der Waals surface area contributed by atoms with Crippen molar-refractivity contribution in [2.24, 2.45) is 13.0 Å². The molecule has 1 aliphatic heterocycles. The average Bonchev–Trinajstić information content (AvgIpc) is 3.22. The third-order valence-electron chi connectivity index (χ3n) is 4.82. The summed E-state index contributed by atoms with van der Waals surface area (Å²) in [7, 11) is 1.87. The predicted octanol–water partition coefficient (Wildman–Crippen LogP) is 1.76. The zero-order valence-corrected chi connectivity index (χ0v) is 14.0. The number of carbonyl (C=O) groups is 1. The van der Waals surface area contributed by atoms with Crippen molar-refractivity contribution in [1.82, 2.24) is 24.5 Å². The van der Waals surface area contributed by atoms with E-state index in [1.807, 2.05) is 24.6 Å². The molecule has 1 aliphatic carbocycles. The summed E-state index contributed by atoms with van der Waals surface area (Å²) in [5.74, 6) is 1.08. The quantitative estimate of drug-likeness (QED) is 0.923. The van der Waals surface area contributed by atoms with Crippen molar-refractivity contribution in [3.05, 3.63) is 23.8 Å². The van der Waals surface area contributed by atoms with Crippen LogP contribution in [-0.4, -0.2) is 37.1 Å². The third kappa shape index (κ3) is 2.71. The summed E-state index contributed by atoms with van der Waals surface area (Å²) in [5, 5.41) is 15.4. The molecule has 0 bridgehead atoms. The van der Waals surface area contributed by atoms with E-state index in [4.69, 9.17) is 4.74 Å². The maximum absolute atomic E-state index is 12.9. The maximum atomic E-state index is 12.9. The lowest BCUT2D eigenvalue weighted by Gasteiger charge is -2.30. The molecule has 2 aromatic rings. The standard InChI is InChI=1S/C16H22N6O2/c1-10-19-20-16(22(10)11-5-6-11)18-15(23)12-4-3-9-24-14(12)13-7-8-17-21(13)2/h7-8,11-12,14H,3-6,9H2,1-2H3,(H,18,20,23)/t12-,14-/m1/s1. The van der Waals surface area contributed by atoms with Crippen molar-refractivity contribution in [2.75, 3.05) is 11.9 Å². The van der Waals surface area contributed by atoms with Gasteiger partial charge in [-0.15, -0.1) is 10.2 Å². The fraction of sp³-hybridized carbons (Fsp3) is 0.625. The minimum absolute atomic E-state index is 0.0600. The van der Waals surface area contributed by atoms with E-state index in [-0.39, 0.29) is 17.9 Å². The SMILES string of the molecule is Cc1nnc(NC(=O)[C@@H]2CCCO[C@H]2c2ccnn2C)n1C1CC1. The number of anilines is 1. The van der Waals surface area contributed by atoms with Crippen LogP contribution in [0.15, 0.2) is 12.3 Å². The monoisotopic (exact) mass is 330 g/mol. The highest BCUT2D eigenvalue weighted by molar-refractivity contribution is 5.91. The molecule has 0 aromatic carbocycles. The minimum Gasteiger partial charge on any atom is -0.371 e. The summed E-state index contributed by atoms with van der Waals surface area (Å²) in [5.41, 5.74) is 0.926. The molecule has 2 fully saturated rings. The Kier molecular flexibility index (Phi) is 3.84. The van der Waals surface area contributed by atoms with Crippen LogP contribution in [0.3, 0.4) is 0 Å². The van der Waals surface area contributed by atoms with Gasteiger partial charge in [-0.2, -0.15) is 5.10 Å². The van der Waals surface area contributed by atoms with Gasteiger partial charge < -0.3 is 4.74 Å². The second-order valence-electron chi connectivity index (χ2n) is 6.58. The molecule has 0 unspecified atom stereocenters. The molecule has 24 heavy (non-hydrogen) atoms. The topological polar surface area (TPSA) is 86.9 Å². The van der Waals surface area contributed by atoms with Gasteiger partial charge in [0.2, 0.25) is 11.9 Å².